The Morgan fingerprint density at radius 3 is 3.00 bits per heavy atom. The molecule has 2 rings (SSSR count). The molecule has 0 radical (unpaired) electrons. The van der Waals surface area contributed by atoms with E-state index in [1.165, 1.54) is 18.9 Å². The molecule has 1 fully saturated rings. The number of benzene rings is 1. The van der Waals surface area contributed by atoms with Gasteiger partial charge in [0, 0.05) is 29.7 Å². The van der Waals surface area contributed by atoms with Gasteiger partial charge in [-0.1, -0.05) is 18.5 Å². The summed E-state index contributed by atoms with van der Waals surface area (Å²) in [6, 6.07) is 5.32. The lowest BCUT2D eigenvalue weighted by molar-refractivity contribution is 0.156. The highest BCUT2D eigenvalue weighted by Gasteiger charge is 2.21. The maximum absolute atomic E-state index is 13.8. The molecule has 2 nitrogen and oxygen atoms in total. The van der Waals surface area contributed by atoms with Crippen molar-refractivity contribution in [3.63, 3.8) is 0 Å². The molecule has 19 heavy (non-hydrogen) atoms. The maximum atomic E-state index is 13.8. The largest absolute Gasteiger partial charge is 0.315 e. The molecule has 1 atom stereocenters. The lowest BCUT2D eigenvalue weighted by Gasteiger charge is -2.34. The number of rotatable bonds is 5. The van der Waals surface area contributed by atoms with Crippen molar-refractivity contribution in [2.45, 2.75) is 38.8 Å². The van der Waals surface area contributed by atoms with E-state index in [4.69, 9.17) is 11.6 Å². The van der Waals surface area contributed by atoms with Crippen LogP contribution in [-0.2, 0) is 6.54 Å². The van der Waals surface area contributed by atoms with Crippen molar-refractivity contribution in [3.05, 3.63) is 34.6 Å². The summed E-state index contributed by atoms with van der Waals surface area (Å²) in [6.07, 6.45) is 3.47. The van der Waals surface area contributed by atoms with Crippen LogP contribution in [0.1, 0.15) is 31.7 Å². The van der Waals surface area contributed by atoms with Crippen LogP contribution in [0.4, 0.5) is 4.39 Å². The van der Waals surface area contributed by atoms with E-state index < -0.39 is 0 Å². The Hall–Kier alpha value is -0.640. The normalized spacial score (nSPS) is 19.9. The lowest BCUT2D eigenvalue weighted by Crippen LogP contribution is -2.46. The molecule has 1 aliphatic heterocycles. The number of nitrogens with zero attached hydrogens (tertiary/aromatic N) is 1. The highest BCUT2D eigenvalue weighted by molar-refractivity contribution is 6.30. The van der Waals surface area contributed by atoms with Gasteiger partial charge in [0.25, 0.3) is 0 Å². The third kappa shape index (κ3) is 4.16. The summed E-state index contributed by atoms with van der Waals surface area (Å²) >= 11 is 5.97. The zero-order valence-electron chi connectivity index (χ0n) is 11.5. The van der Waals surface area contributed by atoms with Crippen LogP contribution in [-0.4, -0.2) is 30.6 Å². The summed E-state index contributed by atoms with van der Waals surface area (Å²) in [5.41, 5.74) is 0.700. The van der Waals surface area contributed by atoms with E-state index in [0.717, 1.165) is 26.1 Å². The van der Waals surface area contributed by atoms with Gasteiger partial charge in [0.05, 0.1) is 0 Å². The molecule has 106 valence electrons. The van der Waals surface area contributed by atoms with Crippen molar-refractivity contribution in [1.29, 1.82) is 0 Å². The SMILES string of the molecule is CCCN(Cc1cc(Cl)ccc1F)C1CCCNC1. The monoisotopic (exact) mass is 284 g/mol. The first-order chi connectivity index (χ1) is 9.20. The van der Waals surface area contributed by atoms with E-state index in [1.807, 2.05) is 0 Å². The fraction of sp³-hybridized carbons (Fsp3) is 0.600. The van der Waals surface area contributed by atoms with Gasteiger partial charge in [0.15, 0.2) is 0 Å². The Bertz CT molecular complexity index is 405. The fourth-order valence-corrected chi connectivity index (χ4v) is 2.90. The Kier molecular flexibility index (Phi) is 5.61. The van der Waals surface area contributed by atoms with Gasteiger partial charge in [-0.2, -0.15) is 0 Å². The van der Waals surface area contributed by atoms with Crippen LogP contribution in [0.5, 0.6) is 0 Å². The molecule has 1 aromatic rings. The van der Waals surface area contributed by atoms with E-state index >= 15 is 0 Å². The number of hydrogen-bond acceptors (Lipinski definition) is 2. The molecule has 0 saturated carbocycles. The van der Waals surface area contributed by atoms with Crippen molar-refractivity contribution in [2.24, 2.45) is 0 Å². The van der Waals surface area contributed by atoms with Gasteiger partial charge in [0.1, 0.15) is 5.82 Å². The van der Waals surface area contributed by atoms with Gasteiger partial charge in [-0.15, -0.1) is 0 Å². The minimum absolute atomic E-state index is 0.158. The highest BCUT2D eigenvalue weighted by Crippen LogP contribution is 2.20. The Balaban J connectivity index is 2.08. The minimum Gasteiger partial charge on any atom is -0.315 e. The smallest absolute Gasteiger partial charge is 0.127 e. The summed E-state index contributed by atoms with van der Waals surface area (Å²) in [6.45, 7) is 5.91. The number of piperidine rings is 1. The second-order valence-electron chi connectivity index (χ2n) is 5.21. The summed E-state index contributed by atoms with van der Waals surface area (Å²) < 4.78 is 13.8. The van der Waals surface area contributed by atoms with Gasteiger partial charge in [-0.05, 0) is 50.6 Å². The van der Waals surface area contributed by atoms with Crippen molar-refractivity contribution in [2.75, 3.05) is 19.6 Å². The first-order valence-corrected chi connectivity index (χ1v) is 7.47. The first kappa shape index (κ1) is 14.8. The summed E-state index contributed by atoms with van der Waals surface area (Å²) in [7, 11) is 0. The van der Waals surface area contributed by atoms with Crippen molar-refractivity contribution >= 4 is 11.6 Å². The topological polar surface area (TPSA) is 15.3 Å². The zero-order chi connectivity index (χ0) is 13.7. The first-order valence-electron chi connectivity index (χ1n) is 7.09. The van der Waals surface area contributed by atoms with Crippen LogP contribution in [0.15, 0.2) is 18.2 Å². The molecule has 0 aliphatic carbocycles. The second-order valence-corrected chi connectivity index (χ2v) is 5.64. The molecular weight excluding hydrogens is 263 g/mol. The third-order valence-electron chi connectivity index (χ3n) is 3.68. The number of nitrogens with one attached hydrogen (secondary N) is 1. The predicted molar refractivity (Wildman–Crippen MR) is 78.0 cm³/mol. The van der Waals surface area contributed by atoms with Crippen molar-refractivity contribution in [1.82, 2.24) is 10.2 Å². The molecular formula is C15H22ClFN2. The molecule has 1 saturated heterocycles. The Morgan fingerprint density at radius 2 is 2.32 bits per heavy atom. The molecule has 4 heteroatoms. The molecule has 1 aliphatic rings. The van der Waals surface area contributed by atoms with E-state index in [-0.39, 0.29) is 5.82 Å². The van der Waals surface area contributed by atoms with E-state index in [1.54, 1.807) is 12.1 Å². The van der Waals surface area contributed by atoms with E-state index in [0.29, 0.717) is 23.2 Å². The molecule has 1 unspecified atom stereocenters. The Morgan fingerprint density at radius 1 is 1.47 bits per heavy atom. The number of hydrogen-bond donors (Lipinski definition) is 1. The molecule has 0 amide bonds. The summed E-state index contributed by atoms with van der Waals surface area (Å²) in [5, 5.41) is 4.03. The zero-order valence-corrected chi connectivity index (χ0v) is 12.2. The predicted octanol–water partition coefficient (Wildman–Crippen LogP) is 3.44. The fourth-order valence-electron chi connectivity index (χ4n) is 2.71. The average molecular weight is 285 g/mol. The molecule has 0 bridgehead atoms. The van der Waals surface area contributed by atoms with Crippen LogP contribution < -0.4 is 5.32 Å². The van der Waals surface area contributed by atoms with Gasteiger partial charge < -0.3 is 5.32 Å². The average Bonchev–Trinajstić information content (AvgIpc) is 2.43. The van der Waals surface area contributed by atoms with Crippen LogP contribution >= 0.6 is 11.6 Å². The van der Waals surface area contributed by atoms with Crippen LogP contribution in [0.3, 0.4) is 0 Å². The quantitative estimate of drug-likeness (QED) is 0.891. The molecule has 0 aromatic heterocycles. The van der Waals surface area contributed by atoms with Gasteiger partial charge in [0.2, 0.25) is 0 Å². The Labute approximate surface area is 119 Å². The summed E-state index contributed by atoms with van der Waals surface area (Å²) in [4.78, 5) is 2.38. The van der Waals surface area contributed by atoms with Gasteiger partial charge in [-0.25, -0.2) is 4.39 Å². The second kappa shape index (κ2) is 7.22. The third-order valence-corrected chi connectivity index (χ3v) is 3.91. The highest BCUT2D eigenvalue weighted by atomic mass is 35.5. The van der Waals surface area contributed by atoms with Gasteiger partial charge in [-0.3, -0.25) is 4.90 Å². The van der Waals surface area contributed by atoms with Crippen LogP contribution in [0.25, 0.3) is 0 Å². The molecule has 1 aromatic carbocycles. The molecule has 1 N–H and O–H groups in total. The van der Waals surface area contributed by atoms with E-state index in [9.17, 15) is 4.39 Å². The van der Waals surface area contributed by atoms with E-state index in [2.05, 4.69) is 17.1 Å². The van der Waals surface area contributed by atoms with Crippen LogP contribution in [0, 0.1) is 5.82 Å². The maximum Gasteiger partial charge on any atom is 0.127 e. The number of halogens is 2. The van der Waals surface area contributed by atoms with Gasteiger partial charge >= 0.3 is 0 Å². The lowest BCUT2D eigenvalue weighted by atomic mass is 10.0. The summed E-state index contributed by atoms with van der Waals surface area (Å²) in [5.74, 6) is -0.158. The van der Waals surface area contributed by atoms with Crippen molar-refractivity contribution < 1.29 is 4.39 Å². The molecule has 0 spiro atoms. The van der Waals surface area contributed by atoms with Crippen LogP contribution in [0.2, 0.25) is 5.02 Å². The standard InChI is InChI=1S/C15H22ClFN2/c1-2-8-19(14-4-3-7-18-10-14)11-12-9-13(16)5-6-15(12)17/h5-6,9,14,18H,2-4,7-8,10-11H2,1H3. The van der Waals surface area contributed by atoms with Crippen molar-refractivity contribution in [3.8, 4) is 0 Å². The minimum atomic E-state index is -0.158. The molecule has 1 heterocycles.